The Hall–Kier alpha value is -2.27. The van der Waals surface area contributed by atoms with E-state index in [4.69, 9.17) is 5.73 Å². The van der Waals surface area contributed by atoms with Crippen LogP contribution in [0, 0.1) is 0 Å². The summed E-state index contributed by atoms with van der Waals surface area (Å²) in [6.07, 6.45) is 1.03. The molecule has 3 rings (SSSR count). The lowest BCUT2D eigenvalue weighted by Gasteiger charge is -2.18. The molecule has 0 radical (unpaired) electrons. The monoisotopic (exact) mass is 298 g/mol. The summed E-state index contributed by atoms with van der Waals surface area (Å²) in [6.45, 7) is 6.15. The van der Waals surface area contributed by atoms with E-state index in [9.17, 15) is 4.79 Å². The van der Waals surface area contributed by atoms with E-state index in [1.807, 2.05) is 6.07 Å². The smallest absolute Gasteiger partial charge is 0.316 e. The summed E-state index contributed by atoms with van der Waals surface area (Å²) in [7, 11) is 0. The van der Waals surface area contributed by atoms with Gasteiger partial charge in [0.2, 0.25) is 0 Å². The predicted molar refractivity (Wildman–Crippen MR) is 88.9 cm³/mol. The van der Waals surface area contributed by atoms with Crippen LogP contribution in [0.15, 0.2) is 24.3 Å². The second-order valence-electron chi connectivity index (χ2n) is 6.07. The van der Waals surface area contributed by atoms with Gasteiger partial charge in [0, 0.05) is 17.8 Å². The van der Waals surface area contributed by atoms with Crippen molar-refractivity contribution in [2.45, 2.75) is 32.7 Å². The molecule has 0 spiro atoms. The van der Waals surface area contributed by atoms with E-state index in [0.717, 1.165) is 42.1 Å². The Labute approximate surface area is 130 Å². The molecule has 2 aromatic rings. The zero-order chi connectivity index (χ0) is 15.7. The Kier molecular flexibility index (Phi) is 3.90. The number of fused-ring (bicyclic) bond motifs is 1. The molecule has 0 saturated carbocycles. The number of nitrogens with two attached hydrogens (primary N) is 1. The number of aromatic amines is 1. The summed E-state index contributed by atoms with van der Waals surface area (Å²) in [5, 5.41) is 6.10. The van der Waals surface area contributed by atoms with E-state index in [0.29, 0.717) is 5.92 Å². The third-order valence-corrected chi connectivity index (χ3v) is 4.10. The summed E-state index contributed by atoms with van der Waals surface area (Å²) in [4.78, 5) is 14.7. The fourth-order valence-electron chi connectivity index (χ4n) is 2.88. The van der Waals surface area contributed by atoms with Crippen LogP contribution in [0.3, 0.4) is 0 Å². The van der Waals surface area contributed by atoms with E-state index < -0.39 is 6.03 Å². The van der Waals surface area contributed by atoms with Gasteiger partial charge in [-0.1, -0.05) is 26.0 Å². The fourth-order valence-corrected chi connectivity index (χ4v) is 2.88. The zero-order valence-electron chi connectivity index (χ0n) is 13.0. The van der Waals surface area contributed by atoms with E-state index >= 15 is 0 Å². The number of hydrogen-bond acceptors (Lipinski definition) is 2. The molecule has 5 heteroatoms. The van der Waals surface area contributed by atoms with Crippen LogP contribution in [0.5, 0.6) is 0 Å². The van der Waals surface area contributed by atoms with Crippen LogP contribution in [-0.2, 0) is 13.0 Å². The molecule has 0 bridgehead atoms. The number of carbonyl (C=O) groups is 1. The van der Waals surface area contributed by atoms with Crippen LogP contribution < -0.4 is 16.4 Å². The van der Waals surface area contributed by atoms with Crippen molar-refractivity contribution in [1.82, 2.24) is 10.3 Å². The highest BCUT2D eigenvalue weighted by atomic mass is 16.2. The Morgan fingerprint density at radius 2 is 2.09 bits per heavy atom. The van der Waals surface area contributed by atoms with E-state index in [-0.39, 0.29) is 0 Å². The Morgan fingerprint density at radius 3 is 2.82 bits per heavy atom. The highest BCUT2D eigenvalue weighted by molar-refractivity contribution is 5.93. The van der Waals surface area contributed by atoms with Gasteiger partial charge in [0.1, 0.15) is 0 Å². The van der Waals surface area contributed by atoms with Crippen molar-refractivity contribution in [3.05, 3.63) is 41.1 Å². The normalized spacial score (nSPS) is 14.0. The number of primary amides is 1. The van der Waals surface area contributed by atoms with E-state index in [2.05, 4.69) is 47.7 Å². The third-order valence-electron chi connectivity index (χ3n) is 4.10. The molecule has 0 aliphatic carbocycles. The average molecular weight is 298 g/mol. The quantitative estimate of drug-likeness (QED) is 0.702. The summed E-state index contributed by atoms with van der Waals surface area (Å²) in [6, 6.07) is 7.87. The first-order valence-electron chi connectivity index (χ1n) is 7.67. The van der Waals surface area contributed by atoms with Gasteiger partial charge in [-0.15, -0.1) is 0 Å². The fraction of sp³-hybridized carbons (Fsp3) is 0.353. The van der Waals surface area contributed by atoms with Gasteiger partial charge in [-0.3, -0.25) is 0 Å². The van der Waals surface area contributed by atoms with Crippen molar-refractivity contribution in [3.8, 4) is 11.3 Å². The molecule has 0 atom stereocenters. The second kappa shape index (κ2) is 5.85. The highest BCUT2D eigenvalue weighted by Gasteiger charge is 2.16. The zero-order valence-corrected chi connectivity index (χ0v) is 13.0. The van der Waals surface area contributed by atoms with Crippen LogP contribution >= 0.6 is 0 Å². The molecule has 2 heterocycles. The van der Waals surface area contributed by atoms with Gasteiger partial charge in [0.05, 0.1) is 11.4 Å². The molecule has 116 valence electrons. The van der Waals surface area contributed by atoms with Crippen molar-refractivity contribution >= 4 is 11.7 Å². The Balaban J connectivity index is 2.04. The lowest BCUT2D eigenvalue weighted by atomic mass is 9.97. The topological polar surface area (TPSA) is 82.9 Å². The number of carbonyl (C=O) groups excluding carboxylic acids is 1. The van der Waals surface area contributed by atoms with Gasteiger partial charge < -0.3 is 21.4 Å². The minimum Gasteiger partial charge on any atom is -0.356 e. The van der Waals surface area contributed by atoms with Crippen molar-refractivity contribution in [1.29, 1.82) is 0 Å². The number of amides is 2. The Morgan fingerprint density at radius 1 is 1.27 bits per heavy atom. The van der Waals surface area contributed by atoms with Crippen molar-refractivity contribution in [2.24, 2.45) is 5.73 Å². The maximum Gasteiger partial charge on any atom is 0.316 e. The maximum absolute atomic E-state index is 11.3. The molecule has 1 aromatic carbocycles. The molecular weight excluding hydrogens is 276 g/mol. The standard InChI is InChI=1S/C17H22N4O/c1-10(2)14-8-15(21-17(18)22)16(20-14)12-3-4-13-9-19-6-5-11(13)7-12/h3-4,7-8,10,19-20H,5-6,9H2,1-2H3,(H3,18,21,22). The lowest BCUT2D eigenvalue weighted by Crippen LogP contribution is -2.23. The summed E-state index contributed by atoms with van der Waals surface area (Å²) in [5.41, 5.74) is 11.8. The van der Waals surface area contributed by atoms with E-state index in [1.54, 1.807) is 0 Å². The third kappa shape index (κ3) is 2.85. The molecule has 5 nitrogen and oxygen atoms in total. The van der Waals surface area contributed by atoms with Gasteiger partial charge in [-0.05, 0) is 42.1 Å². The first-order chi connectivity index (χ1) is 10.5. The van der Waals surface area contributed by atoms with Gasteiger partial charge in [0.15, 0.2) is 0 Å². The molecule has 0 unspecified atom stereocenters. The van der Waals surface area contributed by atoms with Crippen LogP contribution in [0.25, 0.3) is 11.3 Å². The molecule has 1 aliphatic rings. The number of anilines is 1. The summed E-state index contributed by atoms with van der Waals surface area (Å²) >= 11 is 0. The summed E-state index contributed by atoms with van der Waals surface area (Å²) < 4.78 is 0. The first-order valence-corrected chi connectivity index (χ1v) is 7.67. The Bertz CT molecular complexity index is 703. The lowest BCUT2D eigenvalue weighted by molar-refractivity contribution is 0.259. The minimum atomic E-state index is -0.544. The maximum atomic E-state index is 11.3. The number of urea groups is 1. The average Bonchev–Trinajstić information content (AvgIpc) is 2.90. The van der Waals surface area contributed by atoms with Crippen molar-refractivity contribution in [3.63, 3.8) is 0 Å². The highest BCUT2D eigenvalue weighted by Crippen LogP contribution is 2.32. The van der Waals surface area contributed by atoms with Crippen LogP contribution in [-0.4, -0.2) is 17.6 Å². The number of H-pyrrole nitrogens is 1. The van der Waals surface area contributed by atoms with Crippen LogP contribution in [0.2, 0.25) is 0 Å². The van der Waals surface area contributed by atoms with Gasteiger partial charge >= 0.3 is 6.03 Å². The molecular formula is C17H22N4O. The van der Waals surface area contributed by atoms with Gasteiger partial charge in [0.25, 0.3) is 0 Å². The molecule has 22 heavy (non-hydrogen) atoms. The molecule has 0 saturated heterocycles. The SMILES string of the molecule is CC(C)c1cc(NC(N)=O)c(-c2ccc3c(c2)CCNC3)[nH]1. The minimum absolute atomic E-state index is 0.351. The molecule has 2 amide bonds. The van der Waals surface area contributed by atoms with Gasteiger partial charge in [-0.25, -0.2) is 4.79 Å². The number of aromatic nitrogens is 1. The van der Waals surface area contributed by atoms with Crippen molar-refractivity contribution < 1.29 is 4.79 Å². The number of benzene rings is 1. The molecule has 0 fully saturated rings. The molecule has 5 N–H and O–H groups in total. The molecule has 1 aromatic heterocycles. The number of rotatable bonds is 3. The van der Waals surface area contributed by atoms with E-state index in [1.165, 1.54) is 11.1 Å². The van der Waals surface area contributed by atoms with Gasteiger partial charge in [-0.2, -0.15) is 0 Å². The second-order valence-corrected chi connectivity index (χ2v) is 6.07. The largest absolute Gasteiger partial charge is 0.356 e. The predicted octanol–water partition coefficient (Wildman–Crippen LogP) is 2.94. The first kappa shape index (κ1) is 14.7. The van der Waals surface area contributed by atoms with Crippen LogP contribution in [0.1, 0.15) is 36.6 Å². The van der Waals surface area contributed by atoms with Crippen LogP contribution in [0.4, 0.5) is 10.5 Å². The molecule has 1 aliphatic heterocycles. The number of nitrogens with one attached hydrogen (secondary N) is 3. The summed E-state index contributed by atoms with van der Waals surface area (Å²) in [5.74, 6) is 0.351. The number of hydrogen-bond donors (Lipinski definition) is 4. The van der Waals surface area contributed by atoms with Crippen molar-refractivity contribution in [2.75, 3.05) is 11.9 Å².